The fourth-order valence-corrected chi connectivity index (χ4v) is 4.06. The third-order valence-electron chi connectivity index (χ3n) is 4.81. The highest BCUT2D eigenvalue weighted by Gasteiger charge is 2.20. The molecule has 12 heteroatoms. The summed E-state index contributed by atoms with van der Waals surface area (Å²) in [5.41, 5.74) is 1.64. The summed E-state index contributed by atoms with van der Waals surface area (Å²) in [6.07, 6.45) is -0.0237. The van der Waals surface area contributed by atoms with Crippen molar-refractivity contribution in [2.75, 3.05) is 11.9 Å². The van der Waals surface area contributed by atoms with E-state index >= 15 is 0 Å². The van der Waals surface area contributed by atoms with Crippen LogP contribution in [0.4, 0.5) is 18.3 Å². The van der Waals surface area contributed by atoms with Crippen LogP contribution in [0.3, 0.4) is 0 Å². The minimum atomic E-state index is -2.93. The lowest BCUT2D eigenvalue weighted by molar-refractivity contribution is -0.142. The van der Waals surface area contributed by atoms with E-state index < -0.39 is 24.3 Å². The minimum absolute atomic E-state index is 0.0145. The molecule has 0 saturated carbocycles. The molecule has 182 valence electrons. The summed E-state index contributed by atoms with van der Waals surface area (Å²) in [4.78, 5) is 28.8. The van der Waals surface area contributed by atoms with Crippen molar-refractivity contribution in [2.24, 2.45) is 0 Å². The number of benzene rings is 2. The van der Waals surface area contributed by atoms with E-state index in [4.69, 9.17) is 4.74 Å². The van der Waals surface area contributed by atoms with Crippen LogP contribution in [-0.2, 0) is 22.5 Å². The van der Waals surface area contributed by atoms with Crippen molar-refractivity contribution in [3.63, 3.8) is 0 Å². The molecule has 2 aromatic carbocycles. The van der Waals surface area contributed by atoms with Gasteiger partial charge >= 0.3 is 12.6 Å². The molecule has 0 aliphatic rings. The molecule has 0 aliphatic carbocycles. The second-order valence-electron chi connectivity index (χ2n) is 7.27. The Morgan fingerprint density at radius 3 is 2.66 bits per heavy atom. The number of esters is 1. The number of anilines is 1. The van der Waals surface area contributed by atoms with E-state index in [1.165, 1.54) is 35.0 Å². The van der Waals surface area contributed by atoms with Crippen LogP contribution >= 0.6 is 11.3 Å². The number of thiazole rings is 1. The molecular formula is C23H19F3N4O4S. The van der Waals surface area contributed by atoms with E-state index in [0.29, 0.717) is 22.2 Å². The highest BCUT2D eigenvalue weighted by molar-refractivity contribution is 7.14. The standard InChI is InChI=1S/C23H19F3N4O4S/c1-2-33-19(31)10-15-12-35-23(27-15)28-21(32)20-17-9-14(24)5-8-18(17)30(29-20)11-13-3-6-16(7-4-13)34-22(25)26/h3-9,12,22H,2,10-11H2,1H3,(H,27,28,32). The SMILES string of the molecule is CCOC(=O)Cc1csc(NC(=O)c2nn(Cc3ccc(OC(F)F)cc3)c3ccc(F)cc23)n1. The van der Waals surface area contributed by atoms with Crippen molar-refractivity contribution >= 4 is 39.2 Å². The Bertz CT molecular complexity index is 1350. The van der Waals surface area contributed by atoms with Gasteiger partial charge in [0.15, 0.2) is 10.8 Å². The van der Waals surface area contributed by atoms with E-state index in [1.54, 1.807) is 24.4 Å². The van der Waals surface area contributed by atoms with Gasteiger partial charge in [0, 0.05) is 10.8 Å². The number of nitrogens with zero attached hydrogens (tertiary/aromatic N) is 3. The number of hydrogen-bond acceptors (Lipinski definition) is 7. The number of carbonyl (C=O) groups excluding carboxylic acids is 2. The second-order valence-corrected chi connectivity index (χ2v) is 8.13. The maximum atomic E-state index is 14.0. The number of fused-ring (bicyclic) bond motifs is 1. The highest BCUT2D eigenvalue weighted by Crippen LogP contribution is 2.24. The van der Waals surface area contributed by atoms with Crippen molar-refractivity contribution < 1.29 is 32.2 Å². The lowest BCUT2D eigenvalue weighted by Gasteiger charge is -2.07. The number of carbonyl (C=O) groups is 2. The summed E-state index contributed by atoms with van der Waals surface area (Å²) >= 11 is 1.13. The molecule has 0 bridgehead atoms. The fraction of sp³-hybridized carbons (Fsp3) is 0.217. The van der Waals surface area contributed by atoms with Crippen LogP contribution in [0.1, 0.15) is 28.7 Å². The molecule has 0 aliphatic heterocycles. The van der Waals surface area contributed by atoms with Crippen LogP contribution in [0.2, 0.25) is 0 Å². The topological polar surface area (TPSA) is 95.3 Å². The molecular weight excluding hydrogens is 485 g/mol. The highest BCUT2D eigenvalue weighted by atomic mass is 32.1. The maximum absolute atomic E-state index is 14.0. The van der Waals surface area contributed by atoms with E-state index in [-0.39, 0.29) is 36.1 Å². The number of alkyl halides is 2. The molecule has 2 aromatic heterocycles. The largest absolute Gasteiger partial charge is 0.466 e. The van der Waals surface area contributed by atoms with Crippen molar-refractivity contribution in [1.82, 2.24) is 14.8 Å². The molecule has 0 atom stereocenters. The zero-order chi connectivity index (χ0) is 24.9. The quantitative estimate of drug-likeness (QED) is 0.334. The molecule has 8 nitrogen and oxygen atoms in total. The maximum Gasteiger partial charge on any atom is 0.387 e. The van der Waals surface area contributed by atoms with Gasteiger partial charge in [-0.25, -0.2) is 9.37 Å². The average molecular weight is 504 g/mol. The van der Waals surface area contributed by atoms with Gasteiger partial charge in [-0.15, -0.1) is 11.3 Å². The zero-order valence-corrected chi connectivity index (χ0v) is 19.2. The number of hydrogen-bond donors (Lipinski definition) is 1. The Morgan fingerprint density at radius 1 is 1.17 bits per heavy atom. The first-order valence-electron chi connectivity index (χ1n) is 10.4. The molecule has 0 spiro atoms. The normalized spacial score (nSPS) is 11.1. The van der Waals surface area contributed by atoms with Crippen molar-refractivity contribution in [3.8, 4) is 5.75 Å². The molecule has 0 radical (unpaired) electrons. The van der Waals surface area contributed by atoms with E-state index in [9.17, 15) is 22.8 Å². The molecule has 4 aromatic rings. The molecule has 0 unspecified atom stereocenters. The second kappa shape index (κ2) is 10.6. The van der Waals surface area contributed by atoms with E-state index in [2.05, 4.69) is 20.1 Å². The monoisotopic (exact) mass is 504 g/mol. The van der Waals surface area contributed by atoms with Crippen LogP contribution in [0.25, 0.3) is 10.9 Å². The smallest absolute Gasteiger partial charge is 0.387 e. The van der Waals surface area contributed by atoms with Gasteiger partial charge in [0.1, 0.15) is 11.6 Å². The molecule has 0 saturated heterocycles. The van der Waals surface area contributed by atoms with E-state index in [1.807, 2.05) is 0 Å². The van der Waals surface area contributed by atoms with E-state index in [0.717, 1.165) is 11.3 Å². The third kappa shape index (κ3) is 5.96. The summed E-state index contributed by atoms with van der Waals surface area (Å²) in [5.74, 6) is -1.55. The summed E-state index contributed by atoms with van der Waals surface area (Å²) in [7, 11) is 0. The molecule has 35 heavy (non-hydrogen) atoms. The first-order chi connectivity index (χ1) is 16.8. The van der Waals surface area contributed by atoms with Crippen LogP contribution in [-0.4, -0.2) is 39.9 Å². The molecule has 4 rings (SSSR count). The predicted molar refractivity (Wildman–Crippen MR) is 122 cm³/mol. The van der Waals surface area contributed by atoms with Gasteiger partial charge in [-0.05, 0) is 42.8 Å². The summed E-state index contributed by atoms with van der Waals surface area (Å²) in [6, 6.07) is 9.95. The minimum Gasteiger partial charge on any atom is -0.466 e. The molecule has 0 fully saturated rings. The lowest BCUT2D eigenvalue weighted by Crippen LogP contribution is -2.14. The molecule has 1 N–H and O–H groups in total. The fourth-order valence-electron chi connectivity index (χ4n) is 3.35. The van der Waals surface area contributed by atoms with Gasteiger partial charge in [-0.2, -0.15) is 13.9 Å². The zero-order valence-electron chi connectivity index (χ0n) is 18.3. The van der Waals surface area contributed by atoms with Gasteiger partial charge in [0.2, 0.25) is 0 Å². The van der Waals surface area contributed by atoms with Gasteiger partial charge in [-0.1, -0.05) is 12.1 Å². The molecule has 1 amide bonds. The average Bonchev–Trinajstić information content (AvgIpc) is 3.38. The van der Waals surface area contributed by atoms with Crippen molar-refractivity contribution in [1.29, 1.82) is 0 Å². The number of halogens is 3. The lowest BCUT2D eigenvalue weighted by atomic mass is 10.2. The Morgan fingerprint density at radius 2 is 1.94 bits per heavy atom. The first-order valence-corrected chi connectivity index (χ1v) is 11.3. The predicted octanol–water partition coefficient (Wildman–Crippen LogP) is 4.64. The van der Waals surface area contributed by atoms with Crippen molar-refractivity contribution in [3.05, 3.63) is 70.6 Å². The van der Waals surface area contributed by atoms with Crippen LogP contribution in [0.5, 0.6) is 5.75 Å². The third-order valence-corrected chi connectivity index (χ3v) is 5.62. The Hall–Kier alpha value is -3.93. The Kier molecular flexibility index (Phi) is 7.30. The van der Waals surface area contributed by atoms with Gasteiger partial charge < -0.3 is 9.47 Å². The van der Waals surface area contributed by atoms with Gasteiger partial charge in [0.05, 0.1) is 30.8 Å². The number of aromatic nitrogens is 3. The Labute approximate surface area is 201 Å². The number of ether oxygens (including phenoxy) is 2. The van der Waals surface area contributed by atoms with Crippen LogP contribution in [0.15, 0.2) is 47.8 Å². The summed E-state index contributed by atoms with van der Waals surface area (Å²) < 4.78 is 49.5. The van der Waals surface area contributed by atoms with Gasteiger partial charge in [-0.3, -0.25) is 19.6 Å². The van der Waals surface area contributed by atoms with Crippen LogP contribution in [0, 0.1) is 5.82 Å². The molecule has 2 heterocycles. The Balaban J connectivity index is 1.55. The van der Waals surface area contributed by atoms with Crippen molar-refractivity contribution in [2.45, 2.75) is 26.5 Å². The number of rotatable bonds is 9. The number of amides is 1. The van der Waals surface area contributed by atoms with Gasteiger partial charge in [0.25, 0.3) is 5.91 Å². The van der Waals surface area contributed by atoms with Crippen LogP contribution < -0.4 is 10.1 Å². The first kappa shape index (κ1) is 24.2. The summed E-state index contributed by atoms with van der Waals surface area (Å²) in [6.45, 7) is -0.767. The number of nitrogens with one attached hydrogen (secondary N) is 1. The summed E-state index contributed by atoms with van der Waals surface area (Å²) in [5, 5.41) is 9.17.